The lowest BCUT2D eigenvalue weighted by atomic mass is 9.66. The third kappa shape index (κ3) is 5.93. The van der Waals surface area contributed by atoms with Gasteiger partial charge in [-0.15, -0.1) is 0 Å². The molecule has 0 radical (unpaired) electrons. The van der Waals surface area contributed by atoms with E-state index >= 15 is 0 Å². The van der Waals surface area contributed by atoms with Gasteiger partial charge in [-0.1, -0.05) is 225 Å². The van der Waals surface area contributed by atoms with Crippen LogP contribution >= 0.6 is 0 Å². The second-order valence-corrected chi connectivity index (χ2v) is 16.7. The van der Waals surface area contributed by atoms with E-state index < -0.39 is 10.8 Å². The summed E-state index contributed by atoms with van der Waals surface area (Å²) >= 11 is 0. The molecule has 0 spiro atoms. The van der Waals surface area contributed by atoms with E-state index in [9.17, 15) is 0 Å². The maximum absolute atomic E-state index is 4.42. The van der Waals surface area contributed by atoms with Gasteiger partial charge >= 0.3 is 0 Å². The fourth-order valence-corrected chi connectivity index (χ4v) is 10.9. The van der Waals surface area contributed by atoms with Crippen molar-refractivity contribution in [1.29, 1.82) is 0 Å². The minimum atomic E-state index is -0.589. The van der Waals surface area contributed by atoms with Crippen LogP contribution in [0.15, 0.2) is 267 Å². The quantitative estimate of drug-likeness (QED) is 0.133. The molecule has 0 saturated carbocycles. The summed E-state index contributed by atoms with van der Waals surface area (Å²) in [5.41, 5.74) is 19.4. The Balaban J connectivity index is 1.17. The Morgan fingerprint density at radius 1 is 0.375 bits per heavy atom. The molecule has 0 unspecified atom stereocenters. The summed E-state index contributed by atoms with van der Waals surface area (Å²) < 4.78 is 0. The van der Waals surface area contributed by atoms with Crippen molar-refractivity contribution in [3.63, 3.8) is 0 Å². The predicted octanol–water partition coefficient (Wildman–Crippen LogP) is 16.1. The Labute approximate surface area is 377 Å². The fourth-order valence-electron chi connectivity index (χ4n) is 10.9. The van der Waals surface area contributed by atoms with Crippen LogP contribution in [0, 0.1) is 0 Å². The second kappa shape index (κ2) is 16.0. The molecule has 0 saturated heterocycles. The van der Waals surface area contributed by atoms with Gasteiger partial charge in [-0.3, -0.25) is 0 Å². The van der Waals surface area contributed by atoms with E-state index in [-0.39, 0.29) is 0 Å². The summed E-state index contributed by atoms with van der Waals surface area (Å²) in [5, 5.41) is 0. The van der Waals surface area contributed by atoms with E-state index in [4.69, 9.17) is 0 Å². The summed E-state index contributed by atoms with van der Waals surface area (Å²) in [6, 6.07) is 87.0. The van der Waals surface area contributed by atoms with Gasteiger partial charge in [0.25, 0.3) is 0 Å². The van der Waals surface area contributed by atoms with Crippen molar-refractivity contribution in [2.75, 3.05) is 4.90 Å². The number of allylic oxidation sites excluding steroid dienone is 5. The van der Waals surface area contributed by atoms with Gasteiger partial charge in [0.2, 0.25) is 0 Å². The van der Waals surface area contributed by atoms with Gasteiger partial charge in [0.1, 0.15) is 0 Å². The highest BCUT2D eigenvalue weighted by Gasteiger charge is 2.48. The predicted molar refractivity (Wildman–Crippen MR) is 269 cm³/mol. The average molecular weight is 818 g/mol. The molecule has 0 aromatic heterocycles. The smallest absolute Gasteiger partial charge is 0.0714 e. The molecule has 0 fully saturated rings. The van der Waals surface area contributed by atoms with Crippen molar-refractivity contribution < 1.29 is 0 Å². The van der Waals surface area contributed by atoms with Crippen LogP contribution in [0.3, 0.4) is 0 Å². The van der Waals surface area contributed by atoms with Crippen LogP contribution in [0.1, 0.15) is 51.4 Å². The summed E-state index contributed by atoms with van der Waals surface area (Å²) in [6.07, 6.45) is 6.51. The van der Waals surface area contributed by atoms with Crippen LogP contribution in [0.5, 0.6) is 0 Å². The summed E-state index contributed by atoms with van der Waals surface area (Å²) in [6.45, 7) is 6.53. The molecule has 1 nitrogen and oxygen atoms in total. The maximum atomic E-state index is 4.42. The normalized spacial score (nSPS) is 14.2. The second-order valence-electron chi connectivity index (χ2n) is 16.7. The van der Waals surface area contributed by atoms with E-state index in [1.165, 1.54) is 72.3 Å². The molecule has 0 aliphatic heterocycles. The van der Waals surface area contributed by atoms with Gasteiger partial charge in [-0.2, -0.15) is 0 Å². The van der Waals surface area contributed by atoms with Crippen LogP contribution in [0.4, 0.5) is 17.1 Å². The number of nitrogens with zero attached hydrogens (tertiary/aromatic N) is 1. The van der Waals surface area contributed by atoms with Gasteiger partial charge in [-0.05, 0) is 121 Å². The Hall–Kier alpha value is -8.00. The van der Waals surface area contributed by atoms with Crippen LogP contribution < -0.4 is 4.90 Å². The number of hydrogen-bond acceptors (Lipinski definition) is 1. The molecule has 0 bridgehead atoms. The lowest BCUT2D eigenvalue weighted by molar-refractivity contribution is 0.761. The van der Waals surface area contributed by atoms with Gasteiger partial charge < -0.3 is 4.90 Å². The average Bonchev–Trinajstić information content (AvgIpc) is 3.83. The van der Waals surface area contributed by atoms with Crippen molar-refractivity contribution in [2.24, 2.45) is 0 Å². The SMILES string of the molecule is C=CC1=C(/C=C\C)C(c2ccccc2)(c2ccccc2)c2cc(N(c3ccc(-c4ccccc4)cc3)c3ccc4c(c3)-c3ccccc3C4(c3ccccc3)c3ccccc3)ccc21. The molecule has 0 atom stereocenters. The van der Waals surface area contributed by atoms with Gasteiger partial charge in [0.05, 0.1) is 10.8 Å². The first kappa shape index (κ1) is 38.9. The van der Waals surface area contributed by atoms with Crippen molar-refractivity contribution >= 4 is 22.6 Å². The Bertz CT molecular complexity index is 3120. The lowest BCUT2D eigenvalue weighted by Crippen LogP contribution is -2.29. The summed E-state index contributed by atoms with van der Waals surface area (Å²) in [7, 11) is 0. The Morgan fingerprint density at radius 3 is 1.39 bits per heavy atom. The molecule has 0 amide bonds. The first-order chi connectivity index (χ1) is 31.7. The molecular formula is C63H47N. The summed E-state index contributed by atoms with van der Waals surface area (Å²) in [4.78, 5) is 2.45. The molecule has 9 aromatic rings. The standard InChI is InChI=1S/C63H47N/c1-3-22-58-54(4-2)56-41-39-53(44-61(56)63(58,49-29-16-8-17-30-49)50-31-18-9-19-32-50)64(51-37-35-46(36-38-51)45-23-10-5-11-24-45)52-40-42-60-57(43-52)55-33-20-21-34-59(55)62(60,47-25-12-6-13-26-47)48-27-14-7-15-28-48/h3-44H,2H2,1H3/b22-3-. The van der Waals surface area contributed by atoms with Gasteiger partial charge in [-0.25, -0.2) is 0 Å². The zero-order valence-electron chi connectivity index (χ0n) is 35.9. The zero-order chi connectivity index (χ0) is 43.1. The fraction of sp³-hybridized carbons (Fsp3) is 0.0476. The van der Waals surface area contributed by atoms with Gasteiger partial charge in [0.15, 0.2) is 0 Å². The summed E-state index contributed by atoms with van der Waals surface area (Å²) in [5.74, 6) is 0. The first-order valence-electron chi connectivity index (χ1n) is 22.2. The number of hydrogen-bond donors (Lipinski definition) is 0. The van der Waals surface area contributed by atoms with E-state index in [1.807, 2.05) is 6.08 Å². The van der Waals surface area contributed by atoms with Crippen molar-refractivity contribution in [3.8, 4) is 22.3 Å². The van der Waals surface area contributed by atoms with E-state index in [2.05, 4.69) is 267 Å². The monoisotopic (exact) mass is 817 g/mol. The third-order valence-electron chi connectivity index (χ3n) is 13.5. The molecule has 11 rings (SSSR count). The van der Waals surface area contributed by atoms with Crippen LogP contribution in [0.25, 0.3) is 27.8 Å². The molecule has 0 heterocycles. The molecular weight excluding hydrogens is 771 g/mol. The minimum absolute atomic E-state index is 0.483. The number of fused-ring (bicyclic) bond motifs is 4. The largest absolute Gasteiger partial charge is 0.310 e. The molecule has 2 aliphatic carbocycles. The molecule has 9 aromatic carbocycles. The number of rotatable bonds is 10. The Morgan fingerprint density at radius 2 is 0.828 bits per heavy atom. The van der Waals surface area contributed by atoms with E-state index in [0.29, 0.717) is 0 Å². The van der Waals surface area contributed by atoms with Gasteiger partial charge in [0, 0.05) is 17.1 Å². The van der Waals surface area contributed by atoms with E-state index in [1.54, 1.807) is 0 Å². The van der Waals surface area contributed by atoms with Crippen molar-refractivity contribution in [2.45, 2.75) is 17.8 Å². The Kier molecular flexibility index (Phi) is 9.75. The van der Waals surface area contributed by atoms with Crippen LogP contribution in [-0.2, 0) is 10.8 Å². The highest BCUT2D eigenvalue weighted by molar-refractivity contribution is 5.95. The van der Waals surface area contributed by atoms with Crippen LogP contribution in [0.2, 0.25) is 0 Å². The van der Waals surface area contributed by atoms with Crippen LogP contribution in [-0.4, -0.2) is 0 Å². The highest BCUT2D eigenvalue weighted by atomic mass is 15.1. The molecule has 2 aliphatic rings. The minimum Gasteiger partial charge on any atom is -0.310 e. The number of benzene rings is 9. The number of anilines is 3. The molecule has 0 N–H and O–H groups in total. The highest BCUT2D eigenvalue weighted by Crippen LogP contribution is 2.59. The molecule has 1 heteroatoms. The van der Waals surface area contributed by atoms with E-state index in [0.717, 1.165) is 22.6 Å². The van der Waals surface area contributed by atoms with Crippen molar-refractivity contribution in [3.05, 3.63) is 311 Å². The molecule has 304 valence electrons. The topological polar surface area (TPSA) is 3.24 Å². The molecule has 64 heavy (non-hydrogen) atoms. The lowest BCUT2D eigenvalue weighted by Gasteiger charge is -2.36. The third-order valence-corrected chi connectivity index (χ3v) is 13.5. The maximum Gasteiger partial charge on any atom is 0.0714 e. The van der Waals surface area contributed by atoms with Crippen molar-refractivity contribution in [1.82, 2.24) is 0 Å². The zero-order valence-corrected chi connectivity index (χ0v) is 35.9. The first-order valence-corrected chi connectivity index (χ1v) is 22.2.